The Labute approximate surface area is 76.4 Å². The highest BCUT2D eigenvalue weighted by molar-refractivity contribution is 7.99. The maximum Gasteiger partial charge on any atom is 0.142 e. The molecule has 0 aliphatic carbocycles. The summed E-state index contributed by atoms with van der Waals surface area (Å²) < 4.78 is 0. The molecule has 64 valence electrons. The van der Waals surface area contributed by atoms with E-state index >= 15 is 0 Å². The van der Waals surface area contributed by atoms with Crippen molar-refractivity contribution < 1.29 is 4.79 Å². The Morgan fingerprint density at radius 3 is 3.00 bits per heavy atom. The second kappa shape index (κ2) is 4.93. The Morgan fingerprint density at radius 2 is 2.42 bits per heavy atom. The van der Waals surface area contributed by atoms with Crippen molar-refractivity contribution in [3.63, 3.8) is 0 Å². The number of thioether (sulfide) groups is 1. The van der Waals surface area contributed by atoms with Crippen molar-refractivity contribution in [3.05, 3.63) is 24.4 Å². The molecule has 0 saturated carbocycles. The van der Waals surface area contributed by atoms with E-state index < -0.39 is 0 Å². The molecule has 0 radical (unpaired) electrons. The quantitative estimate of drug-likeness (QED) is 0.667. The van der Waals surface area contributed by atoms with Crippen LogP contribution in [0.15, 0.2) is 29.4 Å². The molecule has 0 aliphatic rings. The highest BCUT2D eigenvalue weighted by Gasteiger charge is 1.99. The molecule has 0 N–H and O–H groups in total. The first kappa shape index (κ1) is 9.26. The summed E-state index contributed by atoms with van der Waals surface area (Å²) in [6.45, 7) is 1.88. The number of aromatic nitrogens is 1. The molecule has 0 unspecified atom stereocenters. The Bertz CT molecular complexity index is 248. The van der Waals surface area contributed by atoms with Crippen LogP contribution in [0.5, 0.6) is 0 Å². The lowest BCUT2D eigenvalue weighted by atomic mass is 10.4. The topological polar surface area (TPSA) is 30.0 Å². The summed E-state index contributed by atoms with van der Waals surface area (Å²) in [6.07, 6.45) is 2.35. The van der Waals surface area contributed by atoms with Gasteiger partial charge in [-0.25, -0.2) is 4.98 Å². The van der Waals surface area contributed by atoms with Crippen LogP contribution in [0.4, 0.5) is 0 Å². The molecule has 0 spiro atoms. The zero-order chi connectivity index (χ0) is 8.81. The fourth-order valence-electron chi connectivity index (χ4n) is 0.689. The summed E-state index contributed by atoms with van der Waals surface area (Å²) in [4.78, 5) is 15.0. The molecule has 1 aromatic heterocycles. The third-order valence-electron chi connectivity index (χ3n) is 1.41. The summed E-state index contributed by atoms with van der Waals surface area (Å²) in [5.41, 5.74) is 0. The fourth-order valence-corrected chi connectivity index (χ4v) is 1.51. The molecule has 0 aromatic carbocycles. The molecule has 0 bridgehead atoms. The highest BCUT2D eigenvalue weighted by atomic mass is 32.2. The van der Waals surface area contributed by atoms with Crippen molar-refractivity contribution in [1.82, 2.24) is 4.98 Å². The van der Waals surface area contributed by atoms with Crippen LogP contribution >= 0.6 is 11.8 Å². The second-order valence-electron chi connectivity index (χ2n) is 2.35. The average Bonchev–Trinajstić information content (AvgIpc) is 2.16. The molecule has 12 heavy (non-hydrogen) atoms. The van der Waals surface area contributed by atoms with E-state index in [0.717, 1.165) is 5.03 Å². The van der Waals surface area contributed by atoms with Gasteiger partial charge >= 0.3 is 0 Å². The van der Waals surface area contributed by atoms with Crippen LogP contribution in [0.25, 0.3) is 0 Å². The lowest BCUT2D eigenvalue weighted by Gasteiger charge is -1.96. The summed E-state index contributed by atoms with van der Waals surface area (Å²) in [6, 6.07) is 5.70. The van der Waals surface area contributed by atoms with E-state index in [1.54, 1.807) is 6.20 Å². The first-order chi connectivity index (χ1) is 5.83. The van der Waals surface area contributed by atoms with Gasteiger partial charge in [-0.1, -0.05) is 24.8 Å². The lowest BCUT2D eigenvalue weighted by molar-refractivity contribution is -0.116. The fraction of sp³-hybridized carbons (Fsp3) is 0.333. The van der Waals surface area contributed by atoms with Gasteiger partial charge in [0.1, 0.15) is 5.78 Å². The maximum absolute atomic E-state index is 10.9. The molecule has 0 fully saturated rings. The SMILES string of the molecule is CCC(=O)CSc1ccccn1. The normalized spacial score (nSPS) is 9.75. The third-order valence-corrected chi connectivity index (χ3v) is 2.42. The summed E-state index contributed by atoms with van der Waals surface area (Å²) in [7, 11) is 0. The zero-order valence-electron chi connectivity index (χ0n) is 6.99. The van der Waals surface area contributed by atoms with Gasteiger partial charge in [0.15, 0.2) is 0 Å². The minimum absolute atomic E-state index is 0.269. The van der Waals surface area contributed by atoms with Gasteiger partial charge in [-0.3, -0.25) is 4.79 Å². The molecule has 0 saturated heterocycles. The van der Waals surface area contributed by atoms with Gasteiger partial charge in [0.2, 0.25) is 0 Å². The van der Waals surface area contributed by atoms with Gasteiger partial charge in [-0.05, 0) is 12.1 Å². The van der Waals surface area contributed by atoms with Crippen LogP contribution < -0.4 is 0 Å². The molecular formula is C9H11NOS. The number of pyridine rings is 1. The predicted octanol–water partition coefficient (Wildman–Crippen LogP) is 2.15. The largest absolute Gasteiger partial charge is 0.299 e. The lowest BCUT2D eigenvalue weighted by Crippen LogP contribution is -1.98. The third kappa shape index (κ3) is 3.05. The van der Waals surface area contributed by atoms with Crippen molar-refractivity contribution in [2.24, 2.45) is 0 Å². The minimum atomic E-state index is 0.269. The molecule has 1 aromatic rings. The van der Waals surface area contributed by atoms with E-state index in [9.17, 15) is 4.79 Å². The monoisotopic (exact) mass is 181 g/mol. The molecule has 0 amide bonds. The zero-order valence-corrected chi connectivity index (χ0v) is 7.80. The second-order valence-corrected chi connectivity index (χ2v) is 3.34. The summed E-state index contributed by atoms with van der Waals surface area (Å²) in [5, 5.41) is 0.916. The predicted molar refractivity (Wildman–Crippen MR) is 50.3 cm³/mol. The van der Waals surface area contributed by atoms with Crippen LogP contribution in [-0.2, 0) is 4.79 Å². The van der Waals surface area contributed by atoms with Gasteiger partial charge < -0.3 is 0 Å². The van der Waals surface area contributed by atoms with E-state index in [4.69, 9.17) is 0 Å². The van der Waals surface area contributed by atoms with Gasteiger partial charge in [0, 0.05) is 12.6 Å². The number of nitrogens with zero attached hydrogens (tertiary/aromatic N) is 1. The number of hydrogen-bond donors (Lipinski definition) is 0. The molecule has 1 heterocycles. The molecule has 3 heteroatoms. The smallest absolute Gasteiger partial charge is 0.142 e. The number of ketones is 1. The Balaban J connectivity index is 2.38. The number of Topliss-reactive ketones (excluding diaryl/α,β-unsaturated/α-hetero) is 1. The van der Waals surface area contributed by atoms with Crippen LogP contribution in [0.3, 0.4) is 0 Å². The molecular weight excluding hydrogens is 170 g/mol. The van der Waals surface area contributed by atoms with Crippen molar-refractivity contribution in [1.29, 1.82) is 0 Å². The highest BCUT2D eigenvalue weighted by Crippen LogP contribution is 2.13. The van der Waals surface area contributed by atoms with Crippen molar-refractivity contribution in [3.8, 4) is 0 Å². The first-order valence-corrected chi connectivity index (χ1v) is 4.87. The van der Waals surface area contributed by atoms with Gasteiger partial charge in [-0.15, -0.1) is 0 Å². The van der Waals surface area contributed by atoms with Gasteiger partial charge in [0.25, 0.3) is 0 Å². The molecule has 0 aliphatic heterocycles. The van der Waals surface area contributed by atoms with Gasteiger partial charge in [-0.2, -0.15) is 0 Å². The summed E-state index contributed by atoms with van der Waals surface area (Å²) in [5.74, 6) is 0.804. The molecule has 0 atom stereocenters. The number of carbonyl (C=O) groups is 1. The van der Waals surface area contributed by atoms with Crippen LogP contribution in [0.1, 0.15) is 13.3 Å². The van der Waals surface area contributed by atoms with E-state index in [1.165, 1.54) is 11.8 Å². The van der Waals surface area contributed by atoms with Gasteiger partial charge in [0.05, 0.1) is 10.8 Å². The standard InChI is InChI=1S/C9H11NOS/c1-2-8(11)7-12-9-5-3-4-6-10-9/h3-6H,2,7H2,1H3. The van der Waals surface area contributed by atoms with Crippen molar-refractivity contribution in [2.45, 2.75) is 18.4 Å². The van der Waals surface area contributed by atoms with Crippen molar-refractivity contribution in [2.75, 3.05) is 5.75 Å². The number of rotatable bonds is 4. The Hall–Kier alpha value is -0.830. The van der Waals surface area contributed by atoms with E-state index in [0.29, 0.717) is 12.2 Å². The minimum Gasteiger partial charge on any atom is -0.299 e. The van der Waals surface area contributed by atoms with E-state index in [-0.39, 0.29) is 5.78 Å². The molecule has 1 rings (SSSR count). The van der Waals surface area contributed by atoms with E-state index in [2.05, 4.69) is 4.98 Å². The summed E-state index contributed by atoms with van der Waals surface area (Å²) >= 11 is 1.49. The molecule has 2 nitrogen and oxygen atoms in total. The average molecular weight is 181 g/mol. The Morgan fingerprint density at radius 1 is 1.58 bits per heavy atom. The number of carbonyl (C=O) groups excluding carboxylic acids is 1. The van der Waals surface area contributed by atoms with Crippen LogP contribution in [-0.4, -0.2) is 16.5 Å². The maximum atomic E-state index is 10.9. The van der Waals surface area contributed by atoms with Crippen LogP contribution in [0.2, 0.25) is 0 Å². The van der Waals surface area contributed by atoms with Crippen LogP contribution in [0, 0.1) is 0 Å². The Kier molecular flexibility index (Phi) is 3.80. The first-order valence-electron chi connectivity index (χ1n) is 3.88. The number of hydrogen-bond acceptors (Lipinski definition) is 3. The van der Waals surface area contributed by atoms with E-state index in [1.807, 2.05) is 25.1 Å². The van der Waals surface area contributed by atoms with Crippen molar-refractivity contribution >= 4 is 17.5 Å².